The van der Waals surface area contributed by atoms with Gasteiger partial charge in [-0.3, -0.25) is 9.78 Å². The van der Waals surface area contributed by atoms with Gasteiger partial charge < -0.3 is 4.74 Å². The summed E-state index contributed by atoms with van der Waals surface area (Å²) in [5.74, 6) is -0.325. The first-order valence-electron chi connectivity index (χ1n) is 8.48. The molecule has 2 atom stereocenters. The fourth-order valence-electron chi connectivity index (χ4n) is 3.23. The summed E-state index contributed by atoms with van der Waals surface area (Å²) < 4.78 is 6.26. The molecular formula is C20H20BrClN2O3. The fraction of sp³-hybridized carbons (Fsp3) is 0.350. The summed E-state index contributed by atoms with van der Waals surface area (Å²) in [7, 11) is 0. The quantitative estimate of drug-likeness (QED) is 0.583. The Morgan fingerprint density at radius 1 is 1.22 bits per heavy atom. The Kier molecular flexibility index (Phi) is 5.08. The molecule has 1 fully saturated rings. The zero-order valence-electron chi connectivity index (χ0n) is 15.5. The molecule has 142 valence electrons. The first kappa shape index (κ1) is 19.8. The Hall–Kier alpha value is -1.92. The van der Waals surface area contributed by atoms with E-state index < -0.39 is 23.2 Å². The number of aromatic nitrogens is 1. The van der Waals surface area contributed by atoms with E-state index in [0.717, 1.165) is 14.9 Å². The summed E-state index contributed by atoms with van der Waals surface area (Å²) in [6.07, 6.45) is 0.974. The number of hydrogen-bond acceptors (Lipinski definition) is 4. The van der Waals surface area contributed by atoms with Crippen molar-refractivity contribution in [3.63, 3.8) is 0 Å². The predicted octanol–water partition coefficient (Wildman–Crippen LogP) is 5.27. The number of benzene rings is 1. The van der Waals surface area contributed by atoms with E-state index in [1.807, 2.05) is 13.0 Å². The molecule has 2 amide bonds. The van der Waals surface area contributed by atoms with Crippen molar-refractivity contribution in [2.24, 2.45) is 0 Å². The van der Waals surface area contributed by atoms with Crippen LogP contribution in [0, 0.1) is 0 Å². The number of imide groups is 1. The lowest BCUT2D eigenvalue weighted by atomic mass is 9.66. The molecule has 3 rings (SSSR count). The molecule has 0 unspecified atom stereocenters. The molecule has 0 saturated carbocycles. The van der Waals surface area contributed by atoms with Crippen LogP contribution in [-0.2, 0) is 14.9 Å². The van der Waals surface area contributed by atoms with Gasteiger partial charge in [0.1, 0.15) is 11.6 Å². The summed E-state index contributed by atoms with van der Waals surface area (Å²) in [6, 6.07) is 10.1. The predicted molar refractivity (Wildman–Crippen MR) is 107 cm³/mol. The van der Waals surface area contributed by atoms with Gasteiger partial charge in [0.05, 0.1) is 11.1 Å². The van der Waals surface area contributed by atoms with Gasteiger partial charge in [0.2, 0.25) is 5.91 Å². The van der Waals surface area contributed by atoms with Crippen LogP contribution in [0.15, 0.2) is 47.1 Å². The van der Waals surface area contributed by atoms with Gasteiger partial charge in [0, 0.05) is 15.7 Å². The van der Waals surface area contributed by atoms with E-state index in [1.165, 1.54) is 0 Å². The van der Waals surface area contributed by atoms with Crippen LogP contribution in [0.25, 0.3) is 0 Å². The molecular weight excluding hydrogens is 432 g/mol. The Morgan fingerprint density at radius 3 is 2.37 bits per heavy atom. The summed E-state index contributed by atoms with van der Waals surface area (Å²) >= 11 is 9.36. The van der Waals surface area contributed by atoms with Gasteiger partial charge in [-0.2, -0.15) is 0 Å². The van der Waals surface area contributed by atoms with Crippen LogP contribution in [0.5, 0.6) is 0 Å². The Bertz CT molecular complexity index is 878. The molecule has 0 N–H and O–H groups in total. The third-order valence-corrected chi connectivity index (χ3v) is 5.25. The SMILES string of the molecule is CC(C)(C)OC(=O)N1C(=O)[C@@](C)(c2ccc(Cl)cc2)[C@@H]1c1ccc(Br)cn1. The van der Waals surface area contributed by atoms with Gasteiger partial charge in [0.15, 0.2) is 0 Å². The van der Waals surface area contributed by atoms with Crippen molar-refractivity contribution in [2.45, 2.75) is 44.8 Å². The zero-order chi connectivity index (χ0) is 20.0. The standard InChI is InChI=1S/C20H20BrClN2O3/c1-19(2,3)27-18(26)24-16(15-10-7-13(21)11-23-15)20(4,17(24)25)12-5-8-14(22)9-6-12/h5-11,16H,1-4H3/t16-,20-/m0/s1. The van der Waals surface area contributed by atoms with Crippen molar-refractivity contribution in [3.8, 4) is 0 Å². The minimum atomic E-state index is -0.942. The molecule has 0 aliphatic carbocycles. The molecule has 1 aromatic heterocycles. The Labute approximate surface area is 171 Å². The van der Waals surface area contributed by atoms with Gasteiger partial charge in [-0.05, 0) is 73.5 Å². The minimum Gasteiger partial charge on any atom is -0.443 e. The number of amides is 2. The lowest BCUT2D eigenvalue weighted by Crippen LogP contribution is -2.67. The monoisotopic (exact) mass is 450 g/mol. The summed E-state index contributed by atoms with van der Waals surface area (Å²) in [5, 5.41) is 0.580. The highest BCUT2D eigenvalue weighted by Gasteiger charge is 2.63. The maximum Gasteiger partial charge on any atom is 0.417 e. The van der Waals surface area contributed by atoms with E-state index in [1.54, 1.807) is 57.3 Å². The Balaban J connectivity index is 2.05. The molecule has 1 aliphatic rings. The van der Waals surface area contributed by atoms with Crippen LogP contribution in [0.1, 0.15) is 45.0 Å². The van der Waals surface area contributed by atoms with Crippen LogP contribution in [0.4, 0.5) is 4.79 Å². The number of hydrogen-bond donors (Lipinski definition) is 0. The molecule has 27 heavy (non-hydrogen) atoms. The maximum absolute atomic E-state index is 13.1. The van der Waals surface area contributed by atoms with E-state index >= 15 is 0 Å². The van der Waals surface area contributed by atoms with Gasteiger partial charge in [-0.25, -0.2) is 9.69 Å². The van der Waals surface area contributed by atoms with E-state index in [9.17, 15) is 9.59 Å². The van der Waals surface area contributed by atoms with Crippen LogP contribution < -0.4 is 0 Å². The lowest BCUT2D eigenvalue weighted by Gasteiger charge is -2.52. The third kappa shape index (κ3) is 3.60. The molecule has 7 heteroatoms. The second-order valence-electron chi connectivity index (χ2n) is 7.67. The molecule has 1 saturated heterocycles. The lowest BCUT2D eigenvalue weighted by molar-refractivity contribution is -0.158. The number of halogens is 2. The van der Waals surface area contributed by atoms with Crippen molar-refractivity contribution in [2.75, 3.05) is 0 Å². The van der Waals surface area contributed by atoms with E-state index in [2.05, 4.69) is 20.9 Å². The van der Waals surface area contributed by atoms with Gasteiger partial charge in [-0.15, -0.1) is 0 Å². The number of nitrogens with zero attached hydrogens (tertiary/aromatic N) is 2. The highest BCUT2D eigenvalue weighted by Crippen LogP contribution is 2.51. The normalized spacial score (nSPS) is 22.4. The maximum atomic E-state index is 13.1. The number of rotatable bonds is 2. The fourth-order valence-corrected chi connectivity index (χ4v) is 3.59. The number of ether oxygens (including phenoxy) is 1. The van der Waals surface area contributed by atoms with Crippen LogP contribution in [0.3, 0.4) is 0 Å². The highest BCUT2D eigenvalue weighted by molar-refractivity contribution is 9.10. The molecule has 1 aliphatic heterocycles. The van der Waals surface area contributed by atoms with Crippen molar-refractivity contribution in [3.05, 3.63) is 63.3 Å². The van der Waals surface area contributed by atoms with Gasteiger partial charge in [-0.1, -0.05) is 23.7 Å². The molecule has 0 spiro atoms. The summed E-state index contributed by atoms with van der Waals surface area (Å²) in [5.41, 5.74) is -0.267. The van der Waals surface area contributed by atoms with Gasteiger partial charge in [0.25, 0.3) is 0 Å². The molecule has 5 nitrogen and oxygen atoms in total. The molecule has 1 aromatic carbocycles. The number of carbonyl (C=O) groups is 2. The van der Waals surface area contributed by atoms with Crippen molar-refractivity contribution in [1.82, 2.24) is 9.88 Å². The molecule has 0 bridgehead atoms. The Morgan fingerprint density at radius 2 is 1.85 bits per heavy atom. The highest BCUT2D eigenvalue weighted by atomic mass is 79.9. The number of pyridine rings is 1. The first-order chi connectivity index (χ1) is 12.5. The number of β-lactam (4-membered cyclic amide) rings is 1. The van der Waals surface area contributed by atoms with E-state index in [4.69, 9.17) is 16.3 Å². The molecule has 0 radical (unpaired) electrons. The summed E-state index contributed by atoms with van der Waals surface area (Å²) in [6.45, 7) is 7.11. The summed E-state index contributed by atoms with van der Waals surface area (Å²) in [4.78, 5) is 31.4. The van der Waals surface area contributed by atoms with Crippen LogP contribution >= 0.6 is 27.5 Å². The topological polar surface area (TPSA) is 59.5 Å². The number of carbonyl (C=O) groups excluding carboxylic acids is 2. The number of likely N-dealkylation sites (tertiary alicyclic amines) is 1. The van der Waals surface area contributed by atoms with Gasteiger partial charge >= 0.3 is 6.09 Å². The zero-order valence-corrected chi connectivity index (χ0v) is 17.8. The van der Waals surface area contributed by atoms with E-state index in [0.29, 0.717) is 10.7 Å². The largest absolute Gasteiger partial charge is 0.443 e. The molecule has 2 heterocycles. The van der Waals surface area contributed by atoms with Crippen LogP contribution in [-0.4, -0.2) is 27.5 Å². The first-order valence-corrected chi connectivity index (χ1v) is 9.65. The minimum absolute atomic E-state index is 0.325. The van der Waals surface area contributed by atoms with Crippen molar-refractivity contribution < 1.29 is 14.3 Å². The average Bonchev–Trinajstić information content (AvgIpc) is 2.58. The van der Waals surface area contributed by atoms with Crippen LogP contribution in [0.2, 0.25) is 5.02 Å². The van der Waals surface area contributed by atoms with Crippen molar-refractivity contribution >= 4 is 39.5 Å². The van der Waals surface area contributed by atoms with E-state index in [-0.39, 0.29) is 5.91 Å². The molecule has 2 aromatic rings. The smallest absolute Gasteiger partial charge is 0.417 e. The average molecular weight is 452 g/mol. The second kappa shape index (κ2) is 6.91. The third-order valence-electron chi connectivity index (χ3n) is 4.53. The van der Waals surface area contributed by atoms with Crippen molar-refractivity contribution in [1.29, 1.82) is 0 Å². The second-order valence-corrected chi connectivity index (χ2v) is 9.02.